The summed E-state index contributed by atoms with van der Waals surface area (Å²) >= 11 is 7.65. The Bertz CT molecular complexity index is 1230. The predicted molar refractivity (Wildman–Crippen MR) is 117 cm³/mol. The SMILES string of the molecule is Clc1ccc(-c2nnc(SCc3nc4ccccc4[nH]3)n2-c2ccccc2)cc1. The van der Waals surface area contributed by atoms with Crippen LogP contribution in [0.5, 0.6) is 0 Å². The first kappa shape index (κ1) is 18.0. The minimum atomic E-state index is 0.667. The van der Waals surface area contributed by atoms with Crippen molar-refractivity contribution in [2.45, 2.75) is 10.9 Å². The molecule has 0 aliphatic carbocycles. The van der Waals surface area contributed by atoms with Crippen LogP contribution in [0.25, 0.3) is 28.1 Å². The number of hydrogen-bond acceptors (Lipinski definition) is 4. The Morgan fingerprint density at radius 2 is 1.62 bits per heavy atom. The lowest BCUT2D eigenvalue weighted by atomic mass is 10.2. The van der Waals surface area contributed by atoms with Gasteiger partial charge in [0.15, 0.2) is 11.0 Å². The molecule has 2 heterocycles. The normalized spacial score (nSPS) is 11.2. The first-order chi connectivity index (χ1) is 14.3. The van der Waals surface area contributed by atoms with Crippen LogP contribution >= 0.6 is 23.4 Å². The van der Waals surface area contributed by atoms with Gasteiger partial charge in [0.25, 0.3) is 0 Å². The molecule has 7 heteroatoms. The summed E-state index contributed by atoms with van der Waals surface area (Å²) < 4.78 is 2.07. The van der Waals surface area contributed by atoms with Crippen LogP contribution in [0.4, 0.5) is 0 Å². The number of halogens is 1. The average molecular weight is 418 g/mol. The zero-order chi connectivity index (χ0) is 19.6. The lowest BCUT2D eigenvalue weighted by Gasteiger charge is -2.10. The lowest BCUT2D eigenvalue weighted by Crippen LogP contribution is -1.99. The minimum Gasteiger partial charge on any atom is -0.341 e. The van der Waals surface area contributed by atoms with E-state index in [-0.39, 0.29) is 0 Å². The van der Waals surface area contributed by atoms with Crippen LogP contribution in [0.1, 0.15) is 5.82 Å². The van der Waals surface area contributed by atoms with E-state index in [4.69, 9.17) is 11.6 Å². The molecule has 142 valence electrons. The van der Waals surface area contributed by atoms with Crippen LogP contribution in [0.3, 0.4) is 0 Å². The minimum absolute atomic E-state index is 0.667. The van der Waals surface area contributed by atoms with Crippen molar-refractivity contribution in [1.82, 2.24) is 24.7 Å². The maximum absolute atomic E-state index is 6.05. The van der Waals surface area contributed by atoms with Gasteiger partial charge in [-0.25, -0.2) is 4.98 Å². The van der Waals surface area contributed by atoms with Gasteiger partial charge in [-0.05, 0) is 48.5 Å². The van der Waals surface area contributed by atoms with Gasteiger partial charge in [0.2, 0.25) is 0 Å². The van der Waals surface area contributed by atoms with Crippen molar-refractivity contribution in [2.75, 3.05) is 0 Å². The largest absolute Gasteiger partial charge is 0.341 e. The van der Waals surface area contributed by atoms with Gasteiger partial charge in [-0.15, -0.1) is 10.2 Å². The molecule has 0 spiro atoms. The number of benzene rings is 3. The highest BCUT2D eigenvalue weighted by atomic mass is 35.5. The van der Waals surface area contributed by atoms with Gasteiger partial charge in [0.05, 0.1) is 16.8 Å². The molecule has 29 heavy (non-hydrogen) atoms. The molecular formula is C22H16ClN5S. The fraction of sp³-hybridized carbons (Fsp3) is 0.0455. The van der Waals surface area contributed by atoms with E-state index in [9.17, 15) is 0 Å². The van der Waals surface area contributed by atoms with E-state index in [0.717, 1.165) is 39.1 Å². The van der Waals surface area contributed by atoms with Crippen LogP contribution in [0.2, 0.25) is 5.02 Å². The van der Waals surface area contributed by atoms with Crippen molar-refractivity contribution >= 4 is 34.4 Å². The van der Waals surface area contributed by atoms with E-state index in [1.807, 2.05) is 78.9 Å². The first-order valence-electron chi connectivity index (χ1n) is 9.11. The van der Waals surface area contributed by atoms with Gasteiger partial charge in [-0.2, -0.15) is 0 Å². The summed E-state index contributed by atoms with van der Waals surface area (Å²) in [6.45, 7) is 0. The van der Waals surface area contributed by atoms with Crippen LogP contribution in [0.15, 0.2) is 84.0 Å². The molecule has 0 aliphatic rings. The number of aromatic amines is 1. The van der Waals surface area contributed by atoms with E-state index in [2.05, 4.69) is 24.7 Å². The van der Waals surface area contributed by atoms with Crippen molar-refractivity contribution in [3.63, 3.8) is 0 Å². The van der Waals surface area contributed by atoms with Crippen molar-refractivity contribution in [3.05, 3.63) is 89.7 Å². The molecule has 5 nitrogen and oxygen atoms in total. The third-order valence-corrected chi connectivity index (χ3v) is 5.72. The molecule has 0 saturated heterocycles. The van der Waals surface area contributed by atoms with Crippen LogP contribution in [-0.4, -0.2) is 24.7 Å². The van der Waals surface area contributed by atoms with E-state index in [1.165, 1.54) is 0 Å². The lowest BCUT2D eigenvalue weighted by molar-refractivity contribution is 0.884. The van der Waals surface area contributed by atoms with Gasteiger partial charge < -0.3 is 4.98 Å². The number of thioether (sulfide) groups is 1. The number of nitrogens with one attached hydrogen (secondary N) is 1. The molecule has 5 aromatic rings. The molecule has 0 unspecified atom stereocenters. The fourth-order valence-electron chi connectivity index (χ4n) is 3.17. The van der Waals surface area contributed by atoms with Crippen LogP contribution in [-0.2, 0) is 5.75 Å². The molecule has 2 aromatic heterocycles. The Labute approximate surface area is 176 Å². The smallest absolute Gasteiger partial charge is 0.196 e. The Hall–Kier alpha value is -3.09. The second-order valence-electron chi connectivity index (χ2n) is 6.47. The van der Waals surface area contributed by atoms with Crippen molar-refractivity contribution in [2.24, 2.45) is 0 Å². The Morgan fingerprint density at radius 1 is 0.862 bits per heavy atom. The monoisotopic (exact) mass is 417 g/mol. The quantitative estimate of drug-likeness (QED) is 0.369. The molecule has 0 radical (unpaired) electrons. The van der Waals surface area contributed by atoms with Gasteiger partial charge in [-0.3, -0.25) is 4.57 Å². The second-order valence-corrected chi connectivity index (χ2v) is 7.85. The third kappa shape index (κ3) is 3.64. The zero-order valence-corrected chi connectivity index (χ0v) is 16.9. The second kappa shape index (κ2) is 7.73. The highest BCUT2D eigenvalue weighted by Crippen LogP contribution is 2.30. The number of rotatable bonds is 5. The Morgan fingerprint density at radius 3 is 2.41 bits per heavy atom. The summed E-state index contributed by atoms with van der Waals surface area (Å²) in [5.74, 6) is 2.35. The van der Waals surface area contributed by atoms with E-state index in [1.54, 1.807) is 11.8 Å². The van der Waals surface area contributed by atoms with Crippen LogP contribution in [0, 0.1) is 0 Å². The number of H-pyrrole nitrogens is 1. The number of nitrogens with zero attached hydrogens (tertiary/aromatic N) is 4. The van der Waals surface area contributed by atoms with Gasteiger partial charge >= 0.3 is 0 Å². The Kier molecular flexibility index (Phi) is 4.79. The van der Waals surface area contributed by atoms with E-state index < -0.39 is 0 Å². The molecule has 0 aliphatic heterocycles. The summed E-state index contributed by atoms with van der Waals surface area (Å²) in [6.07, 6.45) is 0. The van der Waals surface area contributed by atoms with Gasteiger partial charge in [0, 0.05) is 16.3 Å². The Balaban J connectivity index is 1.51. The summed E-state index contributed by atoms with van der Waals surface area (Å²) in [4.78, 5) is 8.02. The van der Waals surface area contributed by atoms with E-state index >= 15 is 0 Å². The summed E-state index contributed by atoms with van der Waals surface area (Å²) in [6, 6.07) is 25.8. The molecule has 5 rings (SSSR count). The van der Waals surface area contributed by atoms with Gasteiger partial charge in [-0.1, -0.05) is 53.7 Å². The maximum Gasteiger partial charge on any atom is 0.196 e. The molecule has 3 aromatic carbocycles. The zero-order valence-electron chi connectivity index (χ0n) is 15.3. The predicted octanol–water partition coefficient (Wildman–Crippen LogP) is 5.76. The van der Waals surface area contributed by atoms with Crippen LogP contribution < -0.4 is 0 Å². The summed E-state index contributed by atoms with van der Waals surface area (Å²) in [7, 11) is 0. The molecular weight excluding hydrogens is 402 g/mol. The molecule has 0 bridgehead atoms. The standard InChI is InChI=1S/C22H16ClN5S/c23-16-12-10-15(11-13-16)21-26-27-22(28(21)17-6-2-1-3-7-17)29-14-20-24-18-8-4-5-9-19(18)25-20/h1-13H,14H2,(H,24,25). The van der Waals surface area contributed by atoms with Gasteiger partial charge in [0.1, 0.15) is 5.82 Å². The van der Waals surface area contributed by atoms with Crippen molar-refractivity contribution in [3.8, 4) is 17.1 Å². The average Bonchev–Trinajstić information content (AvgIpc) is 3.37. The van der Waals surface area contributed by atoms with Crippen molar-refractivity contribution < 1.29 is 0 Å². The highest BCUT2D eigenvalue weighted by molar-refractivity contribution is 7.98. The number of fused-ring (bicyclic) bond motifs is 1. The molecule has 0 amide bonds. The molecule has 0 fully saturated rings. The van der Waals surface area contributed by atoms with E-state index in [0.29, 0.717) is 10.8 Å². The molecule has 1 N–H and O–H groups in total. The summed E-state index contributed by atoms with van der Waals surface area (Å²) in [5, 5.41) is 10.4. The topological polar surface area (TPSA) is 59.4 Å². The number of para-hydroxylation sites is 3. The molecule has 0 atom stereocenters. The summed E-state index contributed by atoms with van der Waals surface area (Å²) in [5.41, 5.74) is 3.97. The number of aromatic nitrogens is 5. The number of imidazole rings is 1. The third-order valence-electron chi connectivity index (χ3n) is 4.53. The maximum atomic E-state index is 6.05. The fourth-order valence-corrected chi connectivity index (χ4v) is 4.11. The number of hydrogen-bond donors (Lipinski definition) is 1. The highest BCUT2D eigenvalue weighted by Gasteiger charge is 2.16. The van der Waals surface area contributed by atoms with Crippen molar-refractivity contribution in [1.29, 1.82) is 0 Å². The first-order valence-corrected chi connectivity index (χ1v) is 10.5. The molecule has 0 saturated carbocycles.